The van der Waals surface area contributed by atoms with E-state index in [1.54, 1.807) is 6.08 Å². The number of benzene rings is 1. The normalized spacial score (nSPS) is 18.5. The summed E-state index contributed by atoms with van der Waals surface area (Å²) in [6.07, 6.45) is 1.62. The molecule has 0 saturated carbocycles. The Morgan fingerprint density at radius 1 is 1.19 bits per heavy atom. The molecule has 134 valence electrons. The molecule has 0 aliphatic carbocycles. The quantitative estimate of drug-likeness (QED) is 0.721. The Balaban J connectivity index is 1.73. The van der Waals surface area contributed by atoms with Gasteiger partial charge in [-0.2, -0.15) is 0 Å². The molecule has 0 fully saturated rings. The minimum Gasteiger partial charge on any atom is -0.376 e. The number of aromatic nitrogens is 1. The molecule has 0 bridgehead atoms. The highest BCUT2D eigenvalue weighted by Gasteiger charge is 2.23. The van der Waals surface area contributed by atoms with E-state index in [1.807, 2.05) is 30.5 Å². The average Bonchev–Trinajstić information content (AvgIpc) is 3.13. The summed E-state index contributed by atoms with van der Waals surface area (Å²) in [6, 6.07) is 7.77. The van der Waals surface area contributed by atoms with Gasteiger partial charge in [0.15, 0.2) is 9.84 Å². The first kappa shape index (κ1) is 17.1. The smallest absolute Gasteiger partial charge is 0.259 e. The van der Waals surface area contributed by atoms with E-state index in [4.69, 9.17) is 0 Å². The minimum absolute atomic E-state index is 0.0168. The second-order valence-corrected chi connectivity index (χ2v) is 9.45. The topological polar surface area (TPSA) is 79.0 Å². The van der Waals surface area contributed by atoms with E-state index in [9.17, 15) is 13.2 Å². The molecule has 0 spiro atoms. The van der Waals surface area contributed by atoms with Crippen LogP contribution in [0.3, 0.4) is 0 Å². The van der Waals surface area contributed by atoms with Crippen LogP contribution in [0, 0.1) is 13.8 Å². The molecule has 4 rings (SSSR count). The lowest BCUT2D eigenvalue weighted by Crippen LogP contribution is -2.21. The van der Waals surface area contributed by atoms with Crippen LogP contribution in [0.1, 0.15) is 11.1 Å². The molecule has 1 aromatic carbocycles. The lowest BCUT2D eigenvalue weighted by Gasteiger charge is -2.10. The summed E-state index contributed by atoms with van der Waals surface area (Å²) in [4.78, 5) is 15.6. The van der Waals surface area contributed by atoms with Crippen molar-refractivity contribution < 1.29 is 8.42 Å². The van der Waals surface area contributed by atoms with Gasteiger partial charge >= 0.3 is 0 Å². The highest BCUT2D eigenvalue weighted by Crippen LogP contribution is 2.31. The zero-order chi connectivity index (χ0) is 18.5. The fraction of sp³-hybridized carbons (Fsp3) is 0.211. The summed E-state index contributed by atoms with van der Waals surface area (Å²) in [5, 5.41) is 6.82. The van der Waals surface area contributed by atoms with Crippen molar-refractivity contribution in [3.8, 4) is 11.3 Å². The van der Waals surface area contributed by atoms with Crippen LogP contribution in [-0.4, -0.2) is 25.2 Å². The molecule has 2 aromatic heterocycles. The van der Waals surface area contributed by atoms with Gasteiger partial charge in [0.05, 0.1) is 22.9 Å². The third-order valence-electron chi connectivity index (χ3n) is 4.66. The minimum atomic E-state index is -3.14. The molecule has 0 amide bonds. The van der Waals surface area contributed by atoms with Crippen LogP contribution in [-0.2, 0) is 9.84 Å². The predicted molar refractivity (Wildman–Crippen MR) is 108 cm³/mol. The van der Waals surface area contributed by atoms with E-state index >= 15 is 0 Å². The Kier molecular flexibility index (Phi) is 4.00. The van der Waals surface area contributed by atoms with Gasteiger partial charge in [-0.15, -0.1) is 11.3 Å². The van der Waals surface area contributed by atoms with Crippen molar-refractivity contribution in [1.29, 1.82) is 0 Å². The number of hydrogen-bond acceptors (Lipinski definition) is 5. The Morgan fingerprint density at radius 3 is 2.69 bits per heavy atom. The second kappa shape index (κ2) is 6.10. The van der Waals surface area contributed by atoms with E-state index < -0.39 is 9.84 Å². The first-order valence-corrected chi connectivity index (χ1v) is 10.8. The van der Waals surface area contributed by atoms with Gasteiger partial charge in [-0.25, -0.2) is 8.42 Å². The summed E-state index contributed by atoms with van der Waals surface area (Å²) in [5.41, 5.74) is 4.63. The largest absolute Gasteiger partial charge is 0.376 e. The number of hydrogen-bond donors (Lipinski definition) is 2. The zero-order valence-corrected chi connectivity index (χ0v) is 16.0. The van der Waals surface area contributed by atoms with Gasteiger partial charge in [0.25, 0.3) is 5.56 Å². The second-order valence-electron chi connectivity index (χ2n) is 6.61. The van der Waals surface area contributed by atoms with Crippen molar-refractivity contribution >= 4 is 36.9 Å². The van der Waals surface area contributed by atoms with E-state index in [1.165, 1.54) is 27.9 Å². The number of aryl methyl sites for hydroxylation is 2. The highest BCUT2D eigenvalue weighted by atomic mass is 32.2. The van der Waals surface area contributed by atoms with Crippen LogP contribution in [0.15, 0.2) is 45.9 Å². The fourth-order valence-electron chi connectivity index (χ4n) is 3.10. The summed E-state index contributed by atoms with van der Waals surface area (Å²) in [5.74, 6) is 0.0168. The maximum atomic E-state index is 12.7. The monoisotopic (exact) mass is 386 g/mol. The number of aromatic amines is 1. The Morgan fingerprint density at radius 2 is 2.00 bits per heavy atom. The molecule has 26 heavy (non-hydrogen) atoms. The Labute approximate surface area is 155 Å². The molecule has 1 atom stereocenters. The van der Waals surface area contributed by atoms with Crippen LogP contribution in [0.2, 0.25) is 0 Å². The molecule has 5 nitrogen and oxygen atoms in total. The Bertz CT molecular complexity index is 1200. The van der Waals surface area contributed by atoms with Crippen molar-refractivity contribution in [3.63, 3.8) is 0 Å². The van der Waals surface area contributed by atoms with Gasteiger partial charge < -0.3 is 10.3 Å². The molecule has 7 heteroatoms. The molecule has 1 unspecified atom stereocenters. The number of anilines is 1. The molecule has 1 aliphatic rings. The third-order valence-corrected chi connectivity index (χ3v) is 6.98. The zero-order valence-electron chi connectivity index (χ0n) is 14.4. The van der Waals surface area contributed by atoms with Gasteiger partial charge in [0.1, 0.15) is 0 Å². The summed E-state index contributed by atoms with van der Waals surface area (Å²) in [7, 11) is -3.14. The predicted octanol–water partition coefficient (Wildman–Crippen LogP) is 3.60. The number of pyridine rings is 1. The first-order chi connectivity index (χ1) is 12.3. The van der Waals surface area contributed by atoms with Crippen molar-refractivity contribution in [1.82, 2.24) is 4.98 Å². The molecule has 0 radical (unpaired) electrons. The van der Waals surface area contributed by atoms with Gasteiger partial charge in [-0.3, -0.25) is 4.79 Å². The van der Waals surface area contributed by atoms with Crippen LogP contribution in [0.5, 0.6) is 0 Å². The van der Waals surface area contributed by atoms with Crippen LogP contribution in [0.4, 0.5) is 5.69 Å². The number of rotatable bonds is 3. The SMILES string of the molecule is Cc1ccc(-c2cc3scc(NC4C=CS(=O)(=O)C4)c3c(=O)[nH]2)cc1C. The number of sulfone groups is 1. The third kappa shape index (κ3) is 3.08. The van der Waals surface area contributed by atoms with Crippen LogP contribution < -0.4 is 10.9 Å². The van der Waals surface area contributed by atoms with Gasteiger partial charge in [-0.05, 0) is 42.7 Å². The lowest BCUT2D eigenvalue weighted by atomic mass is 10.0. The van der Waals surface area contributed by atoms with Gasteiger partial charge in [0.2, 0.25) is 0 Å². The summed E-state index contributed by atoms with van der Waals surface area (Å²) < 4.78 is 24.0. The van der Waals surface area contributed by atoms with Gasteiger partial charge in [0, 0.05) is 21.2 Å². The molecular weight excluding hydrogens is 368 g/mol. The maximum Gasteiger partial charge on any atom is 0.259 e. The maximum absolute atomic E-state index is 12.7. The van der Waals surface area contributed by atoms with E-state index in [-0.39, 0.29) is 17.4 Å². The van der Waals surface area contributed by atoms with Crippen molar-refractivity contribution in [2.75, 3.05) is 11.1 Å². The summed E-state index contributed by atoms with van der Waals surface area (Å²) >= 11 is 1.47. The van der Waals surface area contributed by atoms with Gasteiger partial charge in [-0.1, -0.05) is 18.2 Å². The van der Waals surface area contributed by atoms with Crippen molar-refractivity contribution in [2.24, 2.45) is 0 Å². The molecule has 3 aromatic rings. The van der Waals surface area contributed by atoms with Crippen molar-refractivity contribution in [2.45, 2.75) is 19.9 Å². The number of fused-ring (bicyclic) bond motifs is 1. The average molecular weight is 386 g/mol. The molecule has 1 aliphatic heterocycles. The lowest BCUT2D eigenvalue weighted by molar-refractivity contribution is 0.605. The molecule has 2 N–H and O–H groups in total. The van der Waals surface area contributed by atoms with E-state index in [0.29, 0.717) is 11.1 Å². The number of thiophene rings is 1. The highest BCUT2D eigenvalue weighted by molar-refractivity contribution is 7.94. The van der Waals surface area contributed by atoms with Crippen LogP contribution >= 0.6 is 11.3 Å². The standard InChI is InChI=1S/C19H18N2O3S2/c1-11-3-4-13(7-12(11)2)15-8-17-18(19(22)21-15)16(9-25-17)20-14-5-6-26(23,24)10-14/h3-9,14,20H,10H2,1-2H3,(H,21,22). The Hall–Kier alpha value is -2.38. The first-order valence-electron chi connectivity index (χ1n) is 8.22. The summed E-state index contributed by atoms with van der Waals surface area (Å²) in [6.45, 7) is 4.10. The van der Waals surface area contributed by atoms with E-state index in [0.717, 1.165) is 16.0 Å². The number of nitrogens with one attached hydrogen (secondary N) is 2. The van der Waals surface area contributed by atoms with Crippen LogP contribution in [0.25, 0.3) is 21.3 Å². The molecular formula is C19H18N2O3S2. The molecule has 0 saturated heterocycles. The fourth-order valence-corrected chi connectivity index (χ4v) is 5.27. The number of H-pyrrole nitrogens is 1. The van der Waals surface area contributed by atoms with Crippen molar-refractivity contribution in [3.05, 3.63) is 62.6 Å². The van der Waals surface area contributed by atoms with E-state index in [2.05, 4.69) is 23.3 Å². The molecule has 3 heterocycles.